The molecule has 0 saturated carbocycles. The van der Waals surface area contributed by atoms with Crippen LogP contribution in [0.5, 0.6) is 0 Å². The minimum atomic E-state index is -3.44. The van der Waals surface area contributed by atoms with Crippen LogP contribution in [0.4, 0.5) is 5.69 Å². The maximum absolute atomic E-state index is 12.4. The predicted molar refractivity (Wildman–Crippen MR) is 81.3 cm³/mol. The number of nitrogens with zero attached hydrogens (tertiary/aromatic N) is 2. The van der Waals surface area contributed by atoms with E-state index in [2.05, 4.69) is 13.8 Å². The number of sulfonamides is 1. The highest BCUT2D eigenvalue weighted by Gasteiger charge is 2.43. The lowest BCUT2D eigenvalue weighted by Crippen LogP contribution is -2.70. The molecule has 20 heavy (non-hydrogen) atoms. The van der Waals surface area contributed by atoms with Crippen molar-refractivity contribution in [2.45, 2.75) is 24.3 Å². The van der Waals surface area contributed by atoms with Crippen LogP contribution in [0.15, 0.2) is 29.2 Å². The number of anilines is 1. The van der Waals surface area contributed by atoms with Crippen molar-refractivity contribution in [1.29, 1.82) is 0 Å². The second-order valence-corrected chi connectivity index (χ2v) is 8.12. The van der Waals surface area contributed by atoms with Gasteiger partial charge in [-0.25, -0.2) is 12.7 Å². The minimum Gasteiger partial charge on any atom is -0.367 e. The van der Waals surface area contributed by atoms with E-state index in [1.165, 1.54) is 4.31 Å². The second-order valence-electron chi connectivity index (χ2n) is 6.00. The van der Waals surface area contributed by atoms with Crippen LogP contribution in [0.25, 0.3) is 0 Å². The Morgan fingerprint density at radius 3 is 2.30 bits per heavy atom. The van der Waals surface area contributed by atoms with Crippen LogP contribution in [0.1, 0.15) is 13.8 Å². The van der Waals surface area contributed by atoms with Crippen LogP contribution in [-0.4, -0.2) is 45.4 Å². The average molecular weight is 297 g/mol. The quantitative estimate of drug-likeness (QED) is 0.904. The first-order valence-corrected chi connectivity index (χ1v) is 8.18. The molecule has 1 aromatic rings. The third-order valence-corrected chi connectivity index (χ3v) is 5.95. The van der Waals surface area contributed by atoms with Crippen molar-refractivity contribution in [2.75, 3.05) is 32.1 Å². The van der Waals surface area contributed by atoms with Crippen molar-refractivity contribution in [3.8, 4) is 0 Å². The van der Waals surface area contributed by atoms with Gasteiger partial charge in [-0.3, -0.25) is 0 Å². The lowest BCUT2D eigenvalue weighted by atomic mass is 9.80. The molecule has 0 atom stereocenters. The Hall–Kier alpha value is -1.11. The summed E-state index contributed by atoms with van der Waals surface area (Å²) in [6, 6.07) is 7.10. The highest BCUT2D eigenvalue weighted by atomic mass is 32.2. The van der Waals surface area contributed by atoms with Crippen molar-refractivity contribution >= 4 is 15.7 Å². The minimum absolute atomic E-state index is 0.227. The van der Waals surface area contributed by atoms with E-state index in [-0.39, 0.29) is 5.54 Å². The maximum Gasteiger partial charge on any atom is 0.244 e. The molecule has 2 N–H and O–H groups in total. The summed E-state index contributed by atoms with van der Waals surface area (Å²) in [5.74, 6) is 0.372. The summed E-state index contributed by atoms with van der Waals surface area (Å²) in [4.78, 5) is 2.38. The van der Waals surface area contributed by atoms with E-state index in [1.807, 2.05) is 17.0 Å². The van der Waals surface area contributed by atoms with Gasteiger partial charge >= 0.3 is 0 Å². The van der Waals surface area contributed by atoms with E-state index in [0.29, 0.717) is 23.9 Å². The lowest BCUT2D eigenvalue weighted by molar-refractivity contribution is 0.244. The normalized spacial score (nSPS) is 18.4. The molecule has 0 radical (unpaired) electrons. The Morgan fingerprint density at radius 1 is 1.25 bits per heavy atom. The van der Waals surface area contributed by atoms with Crippen LogP contribution < -0.4 is 10.6 Å². The van der Waals surface area contributed by atoms with Crippen molar-refractivity contribution in [2.24, 2.45) is 11.7 Å². The molecule has 1 fully saturated rings. The van der Waals surface area contributed by atoms with Gasteiger partial charge in [-0.15, -0.1) is 0 Å². The zero-order chi connectivity index (χ0) is 15.1. The summed E-state index contributed by atoms with van der Waals surface area (Å²) in [5, 5.41) is 0. The predicted octanol–water partition coefficient (Wildman–Crippen LogP) is 1.11. The zero-order valence-electron chi connectivity index (χ0n) is 12.5. The summed E-state index contributed by atoms with van der Waals surface area (Å²) in [6.45, 7) is 5.56. The fourth-order valence-electron chi connectivity index (χ4n) is 2.33. The molecule has 112 valence electrons. The highest BCUT2D eigenvalue weighted by molar-refractivity contribution is 7.89. The number of rotatable bonds is 4. The zero-order valence-corrected chi connectivity index (χ0v) is 13.3. The lowest BCUT2D eigenvalue weighted by Gasteiger charge is -2.52. The highest BCUT2D eigenvalue weighted by Crippen LogP contribution is 2.35. The van der Waals surface area contributed by atoms with Crippen molar-refractivity contribution < 1.29 is 8.42 Å². The van der Waals surface area contributed by atoms with Gasteiger partial charge in [0, 0.05) is 27.2 Å². The van der Waals surface area contributed by atoms with Gasteiger partial charge < -0.3 is 10.6 Å². The molecule has 2 rings (SSSR count). The summed E-state index contributed by atoms with van der Waals surface area (Å²) >= 11 is 0. The Balaban J connectivity index is 2.33. The standard InChI is InChI=1S/C14H23N3O2S/c1-11(2)14(15)9-17(10-14)12-7-5-6-8-13(12)20(18,19)16(3)4/h5-8,11H,9-10,15H2,1-4H3. The fourth-order valence-corrected chi connectivity index (χ4v) is 3.44. The van der Waals surface area contributed by atoms with Crippen LogP contribution in [0.2, 0.25) is 0 Å². The molecule has 1 aliphatic heterocycles. The third-order valence-electron chi connectivity index (χ3n) is 4.08. The van der Waals surface area contributed by atoms with Crippen LogP contribution in [-0.2, 0) is 10.0 Å². The Bertz CT molecular complexity index is 590. The van der Waals surface area contributed by atoms with Gasteiger partial charge in [0.15, 0.2) is 0 Å². The molecule has 0 bridgehead atoms. The number of benzene rings is 1. The molecular formula is C14H23N3O2S. The molecule has 6 heteroatoms. The number of para-hydroxylation sites is 1. The Kier molecular flexibility index (Phi) is 3.83. The first kappa shape index (κ1) is 15.3. The van der Waals surface area contributed by atoms with Gasteiger partial charge in [0.2, 0.25) is 10.0 Å². The van der Waals surface area contributed by atoms with Gasteiger partial charge in [-0.05, 0) is 18.1 Å². The van der Waals surface area contributed by atoms with Gasteiger partial charge in [-0.2, -0.15) is 0 Å². The largest absolute Gasteiger partial charge is 0.367 e. The topological polar surface area (TPSA) is 66.6 Å². The van der Waals surface area contributed by atoms with Crippen molar-refractivity contribution in [3.05, 3.63) is 24.3 Å². The Morgan fingerprint density at radius 2 is 1.80 bits per heavy atom. The smallest absolute Gasteiger partial charge is 0.244 e. The van der Waals surface area contributed by atoms with Gasteiger partial charge in [0.05, 0.1) is 11.2 Å². The van der Waals surface area contributed by atoms with E-state index < -0.39 is 10.0 Å². The second kappa shape index (κ2) is 5.02. The summed E-state index contributed by atoms with van der Waals surface area (Å²) in [5.41, 5.74) is 6.80. The third kappa shape index (κ3) is 2.43. The molecule has 1 saturated heterocycles. The maximum atomic E-state index is 12.4. The number of hydrogen-bond acceptors (Lipinski definition) is 4. The monoisotopic (exact) mass is 297 g/mol. The van der Waals surface area contributed by atoms with Crippen LogP contribution in [0, 0.1) is 5.92 Å². The van der Waals surface area contributed by atoms with Crippen molar-refractivity contribution in [1.82, 2.24) is 4.31 Å². The van der Waals surface area contributed by atoms with E-state index in [9.17, 15) is 8.42 Å². The molecule has 1 aromatic carbocycles. The molecule has 5 nitrogen and oxygen atoms in total. The molecular weight excluding hydrogens is 274 g/mol. The molecule has 0 unspecified atom stereocenters. The van der Waals surface area contributed by atoms with Gasteiger partial charge in [0.25, 0.3) is 0 Å². The Labute approximate surface area is 121 Å². The summed E-state index contributed by atoms with van der Waals surface area (Å²) in [6.07, 6.45) is 0. The molecule has 0 aliphatic carbocycles. The molecule has 1 aliphatic rings. The van der Waals surface area contributed by atoms with Crippen molar-refractivity contribution in [3.63, 3.8) is 0 Å². The van der Waals surface area contributed by atoms with E-state index in [1.54, 1.807) is 26.2 Å². The fraction of sp³-hybridized carbons (Fsp3) is 0.571. The first-order valence-electron chi connectivity index (χ1n) is 6.74. The summed E-state index contributed by atoms with van der Waals surface area (Å²) in [7, 11) is -0.345. The molecule has 0 amide bonds. The van der Waals surface area contributed by atoms with Gasteiger partial charge in [0.1, 0.15) is 4.90 Å². The molecule has 1 heterocycles. The summed E-state index contributed by atoms with van der Waals surface area (Å²) < 4.78 is 26.0. The number of nitrogens with two attached hydrogens (primary N) is 1. The number of hydrogen-bond donors (Lipinski definition) is 1. The molecule has 0 spiro atoms. The van der Waals surface area contributed by atoms with Gasteiger partial charge in [-0.1, -0.05) is 26.0 Å². The van der Waals surface area contributed by atoms with E-state index >= 15 is 0 Å². The van der Waals surface area contributed by atoms with E-state index in [4.69, 9.17) is 5.73 Å². The van der Waals surface area contributed by atoms with Crippen LogP contribution in [0.3, 0.4) is 0 Å². The molecule has 0 aromatic heterocycles. The van der Waals surface area contributed by atoms with Crippen LogP contribution >= 0.6 is 0 Å². The first-order chi connectivity index (χ1) is 9.18. The average Bonchev–Trinajstić information content (AvgIpc) is 2.34. The SMILES string of the molecule is CC(C)C1(N)CN(c2ccccc2S(=O)(=O)N(C)C)C1. The van der Waals surface area contributed by atoms with E-state index in [0.717, 1.165) is 5.69 Å².